The zero-order valence-corrected chi connectivity index (χ0v) is 8.16. The van der Waals surface area contributed by atoms with E-state index in [9.17, 15) is 4.79 Å². The monoisotopic (exact) mass is 177 g/mol. The smallest absolute Gasteiger partial charge is 0.166 e. The highest BCUT2D eigenvalue weighted by Gasteiger charge is 2.39. The Kier molecular flexibility index (Phi) is 1.79. The Morgan fingerprint density at radius 1 is 1.62 bits per heavy atom. The minimum Gasteiger partial charge on any atom is -0.342 e. The average Bonchev–Trinajstić information content (AvgIpc) is 2.51. The Bertz CT molecular complexity index is 325. The van der Waals surface area contributed by atoms with Crippen LogP contribution in [0, 0.1) is 5.41 Å². The summed E-state index contributed by atoms with van der Waals surface area (Å²) in [5, 5.41) is 0. The molecule has 1 unspecified atom stereocenters. The second-order valence-corrected chi connectivity index (χ2v) is 4.50. The largest absolute Gasteiger partial charge is 0.342 e. The zero-order chi connectivity index (χ0) is 9.47. The summed E-state index contributed by atoms with van der Waals surface area (Å²) in [5.41, 5.74) is 1.16. The van der Waals surface area contributed by atoms with Gasteiger partial charge < -0.3 is 4.57 Å². The molecule has 1 heterocycles. The Labute approximate surface area is 78.6 Å². The number of rotatable bonds is 2. The van der Waals surface area contributed by atoms with Crippen LogP contribution in [0.25, 0.3) is 0 Å². The number of hydrogen-bond acceptors (Lipinski definition) is 1. The summed E-state index contributed by atoms with van der Waals surface area (Å²) in [4.78, 5) is 10.7. The molecule has 0 bridgehead atoms. The van der Waals surface area contributed by atoms with Crippen LogP contribution in [0.4, 0.5) is 0 Å². The van der Waals surface area contributed by atoms with Crippen LogP contribution in [0.1, 0.15) is 43.2 Å². The summed E-state index contributed by atoms with van der Waals surface area (Å²) >= 11 is 0. The first-order chi connectivity index (χ1) is 6.15. The Hall–Kier alpha value is -1.05. The topological polar surface area (TPSA) is 22.0 Å². The first-order valence-electron chi connectivity index (χ1n) is 4.77. The fourth-order valence-electron chi connectivity index (χ4n) is 2.16. The van der Waals surface area contributed by atoms with Gasteiger partial charge in [0.2, 0.25) is 0 Å². The van der Waals surface area contributed by atoms with Crippen molar-refractivity contribution in [2.75, 3.05) is 0 Å². The SMILES string of the molecule is CC1(C)CCC1n1cccc1C=O. The quantitative estimate of drug-likeness (QED) is 0.636. The second kappa shape index (κ2) is 2.72. The van der Waals surface area contributed by atoms with E-state index in [1.807, 2.05) is 18.3 Å². The first-order valence-corrected chi connectivity index (χ1v) is 4.77. The van der Waals surface area contributed by atoms with Crippen molar-refractivity contribution in [1.82, 2.24) is 4.57 Å². The number of aromatic nitrogens is 1. The molecular weight excluding hydrogens is 162 g/mol. The summed E-state index contributed by atoms with van der Waals surface area (Å²) in [6.45, 7) is 4.52. The molecule has 2 nitrogen and oxygen atoms in total. The van der Waals surface area contributed by atoms with Gasteiger partial charge in [-0.3, -0.25) is 4.79 Å². The Morgan fingerprint density at radius 2 is 2.38 bits per heavy atom. The van der Waals surface area contributed by atoms with Crippen molar-refractivity contribution >= 4 is 6.29 Å². The lowest BCUT2D eigenvalue weighted by Crippen LogP contribution is -2.37. The molecule has 1 aliphatic carbocycles. The van der Waals surface area contributed by atoms with Gasteiger partial charge in [0.25, 0.3) is 0 Å². The van der Waals surface area contributed by atoms with Crippen LogP contribution in [-0.4, -0.2) is 10.9 Å². The molecule has 2 heteroatoms. The second-order valence-electron chi connectivity index (χ2n) is 4.50. The lowest BCUT2D eigenvalue weighted by Gasteiger charge is -2.45. The number of nitrogens with zero attached hydrogens (tertiary/aromatic N) is 1. The van der Waals surface area contributed by atoms with Crippen LogP contribution in [0.2, 0.25) is 0 Å². The van der Waals surface area contributed by atoms with Gasteiger partial charge in [-0.15, -0.1) is 0 Å². The molecular formula is C11H15NO. The summed E-state index contributed by atoms with van der Waals surface area (Å²) in [6, 6.07) is 4.34. The standard InChI is InChI=1S/C11H15NO/c1-11(2)6-5-10(11)12-7-3-4-9(12)8-13/h3-4,7-8,10H,5-6H2,1-2H3. The first kappa shape index (κ1) is 8.54. The van der Waals surface area contributed by atoms with E-state index in [2.05, 4.69) is 18.4 Å². The molecule has 0 amide bonds. The molecule has 2 rings (SSSR count). The predicted molar refractivity (Wildman–Crippen MR) is 51.9 cm³/mol. The van der Waals surface area contributed by atoms with Crippen LogP contribution >= 0.6 is 0 Å². The van der Waals surface area contributed by atoms with Gasteiger partial charge in [-0.25, -0.2) is 0 Å². The van der Waals surface area contributed by atoms with Crippen molar-refractivity contribution in [3.05, 3.63) is 24.0 Å². The van der Waals surface area contributed by atoms with E-state index < -0.39 is 0 Å². The number of hydrogen-bond donors (Lipinski definition) is 0. The molecule has 70 valence electrons. The minimum absolute atomic E-state index is 0.358. The van der Waals surface area contributed by atoms with Crippen LogP contribution in [0.3, 0.4) is 0 Å². The molecule has 0 saturated heterocycles. The lowest BCUT2D eigenvalue weighted by molar-refractivity contribution is 0.0787. The average molecular weight is 177 g/mol. The van der Waals surface area contributed by atoms with Crippen molar-refractivity contribution in [2.24, 2.45) is 5.41 Å². The fourth-order valence-corrected chi connectivity index (χ4v) is 2.16. The molecule has 1 aromatic rings. The van der Waals surface area contributed by atoms with Gasteiger partial charge in [0.15, 0.2) is 6.29 Å². The van der Waals surface area contributed by atoms with E-state index in [1.54, 1.807) is 0 Å². The fraction of sp³-hybridized carbons (Fsp3) is 0.545. The maximum atomic E-state index is 10.7. The Morgan fingerprint density at radius 3 is 2.85 bits per heavy atom. The van der Waals surface area contributed by atoms with Gasteiger partial charge >= 0.3 is 0 Å². The minimum atomic E-state index is 0.358. The van der Waals surface area contributed by atoms with Crippen molar-refractivity contribution in [1.29, 1.82) is 0 Å². The Balaban J connectivity index is 2.30. The molecule has 0 N–H and O–H groups in total. The highest BCUT2D eigenvalue weighted by atomic mass is 16.1. The van der Waals surface area contributed by atoms with Crippen LogP contribution in [0.5, 0.6) is 0 Å². The number of aldehydes is 1. The van der Waals surface area contributed by atoms with E-state index >= 15 is 0 Å². The van der Waals surface area contributed by atoms with Gasteiger partial charge in [-0.1, -0.05) is 13.8 Å². The maximum Gasteiger partial charge on any atom is 0.166 e. The van der Waals surface area contributed by atoms with Crippen molar-refractivity contribution in [2.45, 2.75) is 32.7 Å². The highest BCUT2D eigenvalue weighted by molar-refractivity contribution is 5.72. The van der Waals surface area contributed by atoms with Gasteiger partial charge in [0, 0.05) is 12.2 Å². The van der Waals surface area contributed by atoms with E-state index in [0.717, 1.165) is 12.0 Å². The zero-order valence-electron chi connectivity index (χ0n) is 8.16. The van der Waals surface area contributed by atoms with Crippen molar-refractivity contribution in [3.8, 4) is 0 Å². The molecule has 0 aliphatic heterocycles. The molecule has 1 fully saturated rings. The maximum absolute atomic E-state index is 10.7. The normalized spacial score (nSPS) is 25.2. The third kappa shape index (κ3) is 1.21. The summed E-state index contributed by atoms with van der Waals surface area (Å²) in [7, 11) is 0. The summed E-state index contributed by atoms with van der Waals surface area (Å²) < 4.78 is 2.11. The molecule has 0 radical (unpaired) electrons. The molecule has 0 spiro atoms. The van der Waals surface area contributed by atoms with Gasteiger partial charge in [0.1, 0.15) is 0 Å². The van der Waals surface area contributed by atoms with Gasteiger partial charge in [0.05, 0.1) is 5.69 Å². The molecule has 1 atom stereocenters. The third-order valence-corrected chi connectivity index (χ3v) is 3.23. The molecule has 0 aromatic carbocycles. The van der Waals surface area contributed by atoms with E-state index in [-0.39, 0.29) is 0 Å². The van der Waals surface area contributed by atoms with Crippen LogP contribution < -0.4 is 0 Å². The van der Waals surface area contributed by atoms with E-state index in [1.165, 1.54) is 12.8 Å². The lowest BCUT2D eigenvalue weighted by atomic mass is 9.67. The predicted octanol–water partition coefficient (Wildman–Crippen LogP) is 2.66. The van der Waals surface area contributed by atoms with Gasteiger partial charge in [-0.2, -0.15) is 0 Å². The summed E-state index contributed by atoms with van der Waals surface area (Å²) in [6.07, 6.45) is 5.40. The molecule has 1 aliphatic rings. The number of carbonyl (C=O) groups excluding carboxylic acids is 1. The van der Waals surface area contributed by atoms with Crippen LogP contribution in [0.15, 0.2) is 18.3 Å². The van der Waals surface area contributed by atoms with Crippen molar-refractivity contribution in [3.63, 3.8) is 0 Å². The van der Waals surface area contributed by atoms with Gasteiger partial charge in [-0.05, 0) is 30.4 Å². The molecule has 1 aromatic heterocycles. The van der Waals surface area contributed by atoms with E-state index in [4.69, 9.17) is 0 Å². The van der Waals surface area contributed by atoms with Crippen molar-refractivity contribution < 1.29 is 4.79 Å². The molecule has 13 heavy (non-hydrogen) atoms. The summed E-state index contributed by atoms with van der Waals surface area (Å²) in [5.74, 6) is 0. The number of carbonyl (C=O) groups is 1. The highest BCUT2D eigenvalue weighted by Crippen LogP contribution is 2.49. The molecule has 1 saturated carbocycles. The third-order valence-electron chi connectivity index (χ3n) is 3.23. The van der Waals surface area contributed by atoms with Crippen LogP contribution in [-0.2, 0) is 0 Å². The van der Waals surface area contributed by atoms with E-state index in [0.29, 0.717) is 11.5 Å².